The molecule has 0 nitrogen and oxygen atoms in total. The van der Waals surface area contributed by atoms with Gasteiger partial charge < -0.3 is 0 Å². The van der Waals surface area contributed by atoms with Gasteiger partial charge in [-0.15, -0.1) is 0 Å². The van der Waals surface area contributed by atoms with Crippen molar-refractivity contribution >= 4 is 5.57 Å². The maximum atomic E-state index is 2.56. The molecule has 6 aliphatic rings. The lowest BCUT2D eigenvalue weighted by Crippen LogP contribution is -2.08. The molecule has 6 aliphatic carbocycles. The van der Waals surface area contributed by atoms with Crippen molar-refractivity contribution in [2.24, 2.45) is 23.7 Å². The predicted molar refractivity (Wildman–Crippen MR) is 232 cm³/mol. The fourth-order valence-electron chi connectivity index (χ4n) is 11.1. The van der Waals surface area contributed by atoms with E-state index in [4.69, 9.17) is 0 Å². The van der Waals surface area contributed by atoms with Gasteiger partial charge in [0.1, 0.15) is 0 Å². The molecule has 4 unspecified atom stereocenters. The highest BCUT2D eigenvalue weighted by Gasteiger charge is 2.74. The van der Waals surface area contributed by atoms with E-state index in [1.807, 2.05) is 0 Å². The number of rotatable bonds is 9. The summed E-state index contributed by atoms with van der Waals surface area (Å²) in [7, 11) is 0. The number of allylic oxidation sites excluding steroid dienone is 4. The van der Waals surface area contributed by atoms with Crippen molar-refractivity contribution in [3.63, 3.8) is 0 Å². The molecule has 0 saturated heterocycles. The van der Waals surface area contributed by atoms with Gasteiger partial charge in [-0.1, -0.05) is 175 Å². The minimum atomic E-state index is 0.406. The van der Waals surface area contributed by atoms with Gasteiger partial charge in [0.15, 0.2) is 0 Å². The van der Waals surface area contributed by atoms with Crippen LogP contribution in [0.5, 0.6) is 0 Å². The molecule has 0 heterocycles. The lowest BCUT2D eigenvalue weighted by Gasteiger charge is -2.20. The number of hydrogen-bond acceptors (Lipinski definition) is 0. The number of fused-ring (bicyclic) bond motifs is 4. The molecule has 2 fully saturated rings. The smallest absolute Gasteiger partial charge is 0.0105 e. The quantitative estimate of drug-likeness (QED) is 0.140. The second-order valence-electron chi connectivity index (χ2n) is 17.0. The summed E-state index contributed by atoms with van der Waals surface area (Å²) in [5.74, 6) is 4.39. The molecule has 0 aliphatic heterocycles. The fraction of sp³-hybridized carbons (Fsp3) is 0.179. The van der Waals surface area contributed by atoms with Crippen LogP contribution in [0.4, 0.5) is 0 Å². The Bertz CT molecular complexity index is 2700. The van der Waals surface area contributed by atoms with Crippen molar-refractivity contribution in [1.82, 2.24) is 0 Å². The molecule has 4 atom stereocenters. The summed E-state index contributed by atoms with van der Waals surface area (Å²) in [4.78, 5) is 0. The van der Waals surface area contributed by atoms with Crippen LogP contribution in [0.2, 0.25) is 0 Å². The van der Waals surface area contributed by atoms with Crippen LogP contribution in [0.15, 0.2) is 188 Å². The van der Waals surface area contributed by atoms with Crippen molar-refractivity contribution in [2.45, 2.75) is 37.5 Å². The van der Waals surface area contributed by atoms with Crippen LogP contribution in [0.25, 0.3) is 50.1 Å². The monoisotopic (exact) mass is 716 g/mol. The van der Waals surface area contributed by atoms with Crippen LogP contribution in [0, 0.1) is 23.7 Å². The first-order chi connectivity index (χ1) is 27.8. The summed E-state index contributed by atoms with van der Waals surface area (Å²) in [6, 6.07) is 63.9. The van der Waals surface area contributed by atoms with Crippen LogP contribution in [0.1, 0.15) is 58.1 Å². The van der Waals surface area contributed by atoms with E-state index in [2.05, 4.69) is 182 Å². The Kier molecular flexibility index (Phi) is 7.37. The Balaban J connectivity index is 0.833. The first-order valence-corrected chi connectivity index (χ1v) is 20.9. The molecule has 2 saturated carbocycles. The third-order valence-corrected chi connectivity index (χ3v) is 14.1. The van der Waals surface area contributed by atoms with E-state index in [9.17, 15) is 0 Å². The topological polar surface area (TPSA) is 0 Å². The Hall–Kier alpha value is -5.98. The minimum absolute atomic E-state index is 0.406. The minimum Gasteiger partial charge on any atom is -0.0802 e. The second-order valence-corrected chi connectivity index (χ2v) is 17.0. The highest BCUT2D eigenvalue weighted by atomic mass is 14.8. The number of benzene rings is 7. The molecule has 0 heteroatoms. The zero-order valence-corrected chi connectivity index (χ0v) is 31.6. The summed E-state index contributed by atoms with van der Waals surface area (Å²) in [6.45, 7) is 0. The number of aryl methyl sites for hydroxylation is 2. The molecule has 0 amide bonds. The van der Waals surface area contributed by atoms with Crippen molar-refractivity contribution in [2.75, 3.05) is 0 Å². The van der Waals surface area contributed by atoms with Gasteiger partial charge in [0.05, 0.1) is 0 Å². The van der Waals surface area contributed by atoms with Gasteiger partial charge >= 0.3 is 0 Å². The summed E-state index contributed by atoms with van der Waals surface area (Å²) in [6.07, 6.45) is 9.53. The highest BCUT2D eigenvalue weighted by molar-refractivity contribution is 5.90. The Morgan fingerprint density at radius 2 is 0.929 bits per heavy atom. The van der Waals surface area contributed by atoms with Gasteiger partial charge in [0.2, 0.25) is 0 Å². The Labute approximate surface area is 330 Å². The van der Waals surface area contributed by atoms with E-state index in [1.54, 1.807) is 16.7 Å². The van der Waals surface area contributed by atoms with Crippen LogP contribution in [-0.4, -0.2) is 0 Å². The average molecular weight is 717 g/mol. The zero-order valence-electron chi connectivity index (χ0n) is 31.6. The highest BCUT2D eigenvalue weighted by Crippen LogP contribution is 2.79. The van der Waals surface area contributed by atoms with Gasteiger partial charge in [-0.2, -0.15) is 0 Å². The van der Waals surface area contributed by atoms with Crippen molar-refractivity contribution in [3.8, 4) is 44.5 Å². The van der Waals surface area contributed by atoms with E-state index in [0.29, 0.717) is 11.8 Å². The van der Waals surface area contributed by atoms with Crippen LogP contribution >= 0.6 is 0 Å². The lowest BCUT2D eigenvalue weighted by atomic mass is 9.83. The summed E-state index contributed by atoms with van der Waals surface area (Å²) < 4.78 is 0. The SMILES string of the molecule is C1=CC2C3C(C4=C1c1cc(-c5ccc6c(c5)-c5ccccc5C6CCc5cccc(-c6ccccc6)c5)ccc1C4CCc1ccc(-c4ccccc4)cc1)C23. The van der Waals surface area contributed by atoms with Gasteiger partial charge in [0, 0.05) is 11.8 Å². The van der Waals surface area contributed by atoms with Gasteiger partial charge in [-0.25, -0.2) is 0 Å². The molecule has 0 N–H and O–H groups in total. The molecule has 0 radical (unpaired) electrons. The molecule has 2 bridgehead atoms. The third kappa shape index (κ3) is 5.26. The van der Waals surface area contributed by atoms with Crippen molar-refractivity contribution in [1.29, 1.82) is 0 Å². The molecular weight excluding hydrogens is 673 g/mol. The van der Waals surface area contributed by atoms with Gasteiger partial charge in [-0.05, 0) is 145 Å². The van der Waals surface area contributed by atoms with Crippen molar-refractivity contribution in [3.05, 3.63) is 221 Å². The lowest BCUT2D eigenvalue weighted by molar-refractivity contribution is 0.559. The second kappa shape index (κ2) is 12.8. The standard InChI is InChI=1S/C56H44/c1-3-11-37(12-4-1)39-22-18-35(19-23-39)20-27-48-47-29-25-42(34-52(47)49-30-31-50-54-55(50)56(54)53(48)49)41-24-28-46-45(43-16-7-8-17-44(43)51(46)33-41)26-21-36-10-9-15-40(32-36)38-13-5-2-6-14-38/h1-19,22-25,28-34,45,48,50,54-56H,20-21,26-27H2. The van der Waals surface area contributed by atoms with Gasteiger partial charge in [-0.3, -0.25) is 0 Å². The zero-order chi connectivity index (χ0) is 36.7. The molecule has 0 aromatic heterocycles. The summed E-state index contributed by atoms with van der Waals surface area (Å²) in [5, 5.41) is 0. The molecule has 13 rings (SSSR count). The van der Waals surface area contributed by atoms with E-state index >= 15 is 0 Å². The summed E-state index contributed by atoms with van der Waals surface area (Å²) in [5.41, 5.74) is 22.8. The maximum Gasteiger partial charge on any atom is 0.0105 e. The van der Waals surface area contributed by atoms with Crippen LogP contribution in [-0.2, 0) is 12.8 Å². The predicted octanol–water partition coefficient (Wildman–Crippen LogP) is 14.0. The third-order valence-electron chi connectivity index (χ3n) is 14.1. The average Bonchev–Trinajstić information content (AvgIpc) is 4.15. The largest absolute Gasteiger partial charge is 0.0802 e. The molecule has 268 valence electrons. The van der Waals surface area contributed by atoms with Gasteiger partial charge in [0.25, 0.3) is 0 Å². The van der Waals surface area contributed by atoms with E-state index < -0.39 is 0 Å². The Morgan fingerprint density at radius 1 is 0.375 bits per heavy atom. The van der Waals surface area contributed by atoms with E-state index in [1.165, 1.54) is 78.7 Å². The molecule has 7 aromatic carbocycles. The van der Waals surface area contributed by atoms with Crippen LogP contribution < -0.4 is 0 Å². The number of hydrogen-bond donors (Lipinski definition) is 0. The first-order valence-electron chi connectivity index (χ1n) is 20.9. The molecular formula is C56H44. The maximum absolute atomic E-state index is 2.56. The first kappa shape index (κ1) is 32.3. The Morgan fingerprint density at radius 3 is 1.70 bits per heavy atom. The molecule has 7 aromatic rings. The summed E-state index contributed by atoms with van der Waals surface area (Å²) >= 11 is 0. The van der Waals surface area contributed by atoms with E-state index in [-0.39, 0.29) is 0 Å². The van der Waals surface area contributed by atoms with Crippen LogP contribution in [0.3, 0.4) is 0 Å². The molecule has 0 spiro atoms. The molecule has 56 heavy (non-hydrogen) atoms. The van der Waals surface area contributed by atoms with Crippen molar-refractivity contribution < 1.29 is 0 Å². The fourth-order valence-corrected chi connectivity index (χ4v) is 11.1. The van der Waals surface area contributed by atoms with E-state index in [0.717, 1.165) is 42.9 Å². The normalized spacial score (nSPS) is 22.8.